The average Bonchev–Trinajstić information content (AvgIpc) is 3.21. The highest BCUT2D eigenvalue weighted by molar-refractivity contribution is 6.33. The second kappa shape index (κ2) is 8.59. The number of nitrogens with one attached hydrogen (secondary N) is 2. The second-order valence-corrected chi connectivity index (χ2v) is 6.63. The van der Waals surface area contributed by atoms with Crippen LogP contribution >= 0.6 is 11.6 Å². The lowest BCUT2D eigenvalue weighted by molar-refractivity contribution is 0.0991. The lowest BCUT2D eigenvalue weighted by Gasteiger charge is -2.28. The Hall–Kier alpha value is -3.31. The lowest BCUT2D eigenvalue weighted by atomic mass is 10.3. The van der Waals surface area contributed by atoms with Crippen molar-refractivity contribution in [3.05, 3.63) is 53.0 Å². The number of rotatable bonds is 5. The monoisotopic (exact) mass is 436 g/mol. The van der Waals surface area contributed by atoms with Gasteiger partial charge in [-0.1, -0.05) is 22.8 Å². The van der Waals surface area contributed by atoms with Gasteiger partial charge in [0.15, 0.2) is 11.6 Å². The zero-order valence-electron chi connectivity index (χ0n) is 15.4. The topological polar surface area (TPSA) is 105 Å². The molecule has 0 atom stereocenters. The van der Waals surface area contributed by atoms with E-state index in [-0.39, 0.29) is 17.6 Å². The maximum atomic E-state index is 13.7. The Kier molecular flexibility index (Phi) is 5.72. The van der Waals surface area contributed by atoms with E-state index >= 15 is 0 Å². The quantitative estimate of drug-likeness (QED) is 0.628. The van der Waals surface area contributed by atoms with Gasteiger partial charge in [-0.25, -0.2) is 13.8 Å². The molecule has 1 saturated heterocycles. The summed E-state index contributed by atoms with van der Waals surface area (Å²) in [4.78, 5) is 18.6. The van der Waals surface area contributed by atoms with Gasteiger partial charge in [-0.05, 0) is 18.2 Å². The van der Waals surface area contributed by atoms with Crippen LogP contribution in [-0.4, -0.2) is 47.4 Å². The number of aromatic nitrogens is 3. The Morgan fingerprint density at radius 1 is 1.20 bits per heavy atom. The lowest BCUT2D eigenvalue weighted by Crippen LogP contribution is -2.36. The molecule has 3 aromatic rings. The minimum atomic E-state index is -1.11. The molecule has 4 rings (SSSR count). The molecule has 3 heterocycles. The van der Waals surface area contributed by atoms with Gasteiger partial charge in [0, 0.05) is 13.1 Å². The summed E-state index contributed by atoms with van der Waals surface area (Å²) in [5.41, 5.74) is 0.117. The summed E-state index contributed by atoms with van der Waals surface area (Å²) in [7, 11) is 0. The summed E-state index contributed by atoms with van der Waals surface area (Å²) >= 11 is 6.29. The Morgan fingerprint density at radius 3 is 2.77 bits per heavy atom. The molecule has 156 valence electrons. The second-order valence-electron chi connectivity index (χ2n) is 6.22. The van der Waals surface area contributed by atoms with E-state index in [2.05, 4.69) is 25.8 Å². The molecule has 1 amide bonds. The highest BCUT2D eigenvalue weighted by Gasteiger charge is 2.19. The Morgan fingerprint density at radius 2 is 2.00 bits per heavy atom. The highest BCUT2D eigenvalue weighted by atomic mass is 35.5. The molecule has 0 saturated carbocycles. The third-order valence-corrected chi connectivity index (χ3v) is 4.48. The molecule has 0 radical (unpaired) electrons. The number of halogens is 3. The first-order chi connectivity index (χ1) is 14.5. The fraction of sp³-hybridized carbons (Fsp3) is 0.222. The molecule has 12 heteroatoms. The molecule has 2 aromatic heterocycles. The van der Waals surface area contributed by atoms with Gasteiger partial charge in [0.05, 0.1) is 35.8 Å². The molecule has 30 heavy (non-hydrogen) atoms. The van der Waals surface area contributed by atoms with Gasteiger partial charge in [-0.3, -0.25) is 4.79 Å². The number of hydrogen-bond donors (Lipinski definition) is 2. The number of amides is 1. The SMILES string of the molecule is O=C(Nc1cnc(N2CCOCC2)c(Cl)c1)c1nnc(Nc2cccc(F)c2F)o1. The maximum Gasteiger partial charge on any atom is 0.320 e. The first-order valence-corrected chi connectivity index (χ1v) is 9.23. The summed E-state index contributed by atoms with van der Waals surface area (Å²) < 4.78 is 37.4. The van der Waals surface area contributed by atoms with Crippen molar-refractivity contribution in [3.63, 3.8) is 0 Å². The zero-order valence-corrected chi connectivity index (χ0v) is 16.1. The molecule has 0 unspecified atom stereocenters. The Balaban J connectivity index is 1.43. The van der Waals surface area contributed by atoms with Gasteiger partial charge in [0.25, 0.3) is 0 Å². The van der Waals surface area contributed by atoms with Gasteiger partial charge in [-0.2, -0.15) is 0 Å². The Labute approximate surface area is 174 Å². The molecule has 0 spiro atoms. The number of pyridine rings is 1. The molecule has 2 N–H and O–H groups in total. The minimum absolute atomic E-state index is 0.208. The van der Waals surface area contributed by atoms with Crippen LogP contribution in [0.2, 0.25) is 5.02 Å². The molecule has 9 nitrogen and oxygen atoms in total. The predicted octanol–water partition coefficient (Wildman–Crippen LogP) is 3.23. The van der Waals surface area contributed by atoms with Crippen LogP contribution in [0, 0.1) is 11.6 Å². The van der Waals surface area contributed by atoms with Crippen LogP contribution in [-0.2, 0) is 4.74 Å². The van der Waals surface area contributed by atoms with Crippen LogP contribution in [0.1, 0.15) is 10.7 Å². The highest BCUT2D eigenvalue weighted by Crippen LogP contribution is 2.27. The molecular formula is C18H15ClF2N6O3. The molecule has 1 fully saturated rings. The summed E-state index contributed by atoms with van der Waals surface area (Å²) in [5, 5.41) is 12.5. The van der Waals surface area contributed by atoms with Crippen molar-refractivity contribution in [1.29, 1.82) is 0 Å². The number of nitrogens with zero attached hydrogens (tertiary/aromatic N) is 4. The van der Waals surface area contributed by atoms with Crippen LogP contribution in [0.3, 0.4) is 0 Å². The summed E-state index contributed by atoms with van der Waals surface area (Å²) in [5.74, 6) is -2.65. The van der Waals surface area contributed by atoms with Gasteiger partial charge in [0.1, 0.15) is 5.82 Å². The molecule has 0 aliphatic carbocycles. The summed E-state index contributed by atoms with van der Waals surface area (Å²) in [6.07, 6.45) is 1.45. The van der Waals surface area contributed by atoms with Crippen molar-refractivity contribution < 1.29 is 22.7 Å². The number of anilines is 4. The van der Waals surface area contributed by atoms with Crippen molar-refractivity contribution in [1.82, 2.24) is 15.2 Å². The first kappa shape index (κ1) is 20.0. The largest absolute Gasteiger partial charge is 0.399 e. The van der Waals surface area contributed by atoms with E-state index in [1.807, 2.05) is 4.90 Å². The number of morpholine rings is 1. The van der Waals surface area contributed by atoms with Crippen LogP contribution in [0.25, 0.3) is 0 Å². The third kappa shape index (κ3) is 4.31. The normalized spacial score (nSPS) is 13.9. The van der Waals surface area contributed by atoms with Crippen molar-refractivity contribution in [2.45, 2.75) is 0 Å². The van der Waals surface area contributed by atoms with E-state index < -0.39 is 17.5 Å². The molecule has 1 aliphatic rings. The van der Waals surface area contributed by atoms with E-state index in [9.17, 15) is 13.6 Å². The number of benzene rings is 1. The molecule has 1 aliphatic heterocycles. The van der Waals surface area contributed by atoms with Crippen molar-refractivity contribution in [2.24, 2.45) is 0 Å². The zero-order chi connectivity index (χ0) is 21.1. The third-order valence-electron chi connectivity index (χ3n) is 4.20. The number of ether oxygens (including phenoxy) is 1. The molecule has 0 bridgehead atoms. The summed E-state index contributed by atoms with van der Waals surface area (Å²) in [6, 6.07) is 4.84. The number of carbonyl (C=O) groups excluding carboxylic acids is 1. The first-order valence-electron chi connectivity index (χ1n) is 8.85. The standard InChI is InChI=1S/C18H15ClF2N6O3/c19-11-8-10(9-22-15(11)27-4-6-29-7-5-27)23-16(28)17-25-26-18(30-17)24-13-3-1-2-12(20)14(13)21/h1-3,8-9H,4-7H2,(H,23,28)(H,24,26). The van der Waals surface area contributed by atoms with Crippen LogP contribution in [0.5, 0.6) is 0 Å². The van der Waals surface area contributed by atoms with Crippen LogP contribution < -0.4 is 15.5 Å². The van der Waals surface area contributed by atoms with E-state index in [4.69, 9.17) is 20.8 Å². The van der Waals surface area contributed by atoms with E-state index in [1.165, 1.54) is 18.3 Å². The number of hydrogen-bond acceptors (Lipinski definition) is 8. The minimum Gasteiger partial charge on any atom is -0.399 e. The fourth-order valence-corrected chi connectivity index (χ4v) is 3.06. The van der Waals surface area contributed by atoms with Gasteiger partial charge < -0.3 is 24.7 Å². The smallest absolute Gasteiger partial charge is 0.320 e. The maximum absolute atomic E-state index is 13.7. The number of carbonyl (C=O) groups is 1. The van der Waals surface area contributed by atoms with E-state index in [1.54, 1.807) is 6.07 Å². The molecular weight excluding hydrogens is 422 g/mol. The Bertz CT molecular complexity index is 1070. The van der Waals surface area contributed by atoms with Crippen LogP contribution in [0.4, 0.5) is 32.0 Å². The fourth-order valence-electron chi connectivity index (χ4n) is 2.77. The van der Waals surface area contributed by atoms with Crippen molar-refractivity contribution in [3.8, 4) is 0 Å². The van der Waals surface area contributed by atoms with E-state index in [0.717, 1.165) is 6.07 Å². The predicted molar refractivity (Wildman–Crippen MR) is 104 cm³/mol. The van der Waals surface area contributed by atoms with Gasteiger partial charge in [-0.15, -0.1) is 5.10 Å². The van der Waals surface area contributed by atoms with E-state index in [0.29, 0.717) is 42.8 Å². The van der Waals surface area contributed by atoms with Gasteiger partial charge >= 0.3 is 17.8 Å². The summed E-state index contributed by atoms with van der Waals surface area (Å²) in [6.45, 7) is 2.51. The molecule has 1 aromatic carbocycles. The van der Waals surface area contributed by atoms with Crippen LogP contribution in [0.15, 0.2) is 34.9 Å². The van der Waals surface area contributed by atoms with Gasteiger partial charge in [0.2, 0.25) is 0 Å². The van der Waals surface area contributed by atoms with Crippen molar-refractivity contribution >= 4 is 40.7 Å². The van der Waals surface area contributed by atoms with Crippen molar-refractivity contribution in [2.75, 3.05) is 41.8 Å². The average molecular weight is 437 g/mol.